The number of fused-ring (bicyclic) bond motifs is 2. The van der Waals surface area contributed by atoms with E-state index in [9.17, 15) is 14.7 Å². The Balaban J connectivity index is 0.985. The highest BCUT2D eigenvalue weighted by atomic mass is 35.5. The Morgan fingerprint density at radius 2 is 1.48 bits per heavy atom. The Morgan fingerprint density at radius 3 is 2.15 bits per heavy atom. The van der Waals surface area contributed by atoms with E-state index in [4.69, 9.17) is 42.1 Å². The number of methoxy groups -OCH3 is 1. The molecule has 6 aromatic rings. The lowest BCUT2D eigenvalue weighted by molar-refractivity contribution is -0.143. The molecule has 0 bridgehead atoms. The summed E-state index contributed by atoms with van der Waals surface area (Å²) in [6.07, 6.45) is 0.910. The van der Waals surface area contributed by atoms with Crippen LogP contribution in [-0.2, 0) is 35.6 Å². The number of ether oxygens (including phenoxy) is 4. The minimum absolute atomic E-state index is 0.0998. The fourth-order valence-electron chi connectivity index (χ4n) is 8.14. The number of carboxylic acid groups (broad SMARTS) is 1. The summed E-state index contributed by atoms with van der Waals surface area (Å²) in [5, 5.41) is 14.3. The molecule has 0 aromatic heterocycles. The molecule has 9 nitrogen and oxygen atoms in total. The summed E-state index contributed by atoms with van der Waals surface area (Å²) in [7, 11) is 1.63. The SMILES string of the molecule is CC[C@@H](c1ccccc1)N1Cc2cc3c(cc2C[C@H]1C(=O)NC(Cc1ccc(-c2ccc(OC)cc2)cc1)C(=O)O)OC[C@H](c1ccc(OCc2ccc(Cl)c(Cl)c2)cc1)O3. The molecule has 0 radical (unpaired) electrons. The quantitative estimate of drug-likeness (QED) is 0.112. The third-order valence-corrected chi connectivity index (χ3v) is 12.2. The lowest BCUT2D eigenvalue weighted by atomic mass is 9.89. The van der Waals surface area contributed by atoms with E-state index in [1.54, 1.807) is 19.2 Å². The first-order valence-corrected chi connectivity index (χ1v) is 21.1. The Kier molecular flexibility index (Phi) is 12.8. The maximum absolute atomic E-state index is 14.4. The molecule has 2 aliphatic rings. The molecule has 0 spiro atoms. The molecule has 61 heavy (non-hydrogen) atoms. The Morgan fingerprint density at radius 1 is 0.803 bits per heavy atom. The van der Waals surface area contributed by atoms with Crippen LogP contribution in [0, 0.1) is 0 Å². The van der Waals surface area contributed by atoms with Crippen molar-refractivity contribution in [3.05, 3.63) is 177 Å². The van der Waals surface area contributed by atoms with Crippen LogP contribution in [0.2, 0.25) is 10.0 Å². The molecule has 8 rings (SSSR count). The van der Waals surface area contributed by atoms with Crippen LogP contribution in [0.1, 0.15) is 58.9 Å². The fourth-order valence-corrected chi connectivity index (χ4v) is 8.46. The Bertz CT molecular complexity index is 2480. The van der Waals surface area contributed by atoms with Crippen LogP contribution in [-0.4, -0.2) is 47.7 Å². The third-order valence-electron chi connectivity index (χ3n) is 11.4. The first kappa shape index (κ1) is 41.7. The van der Waals surface area contributed by atoms with Gasteiger partial charge < -0.3 is 29.4 Å². The Hall–Kier alpha value is -6.00. The van der Waals surface area contributed by atoms with Crippen molar-refractivity contribution >= 4 is 35.1 Å². The summed E-state index contributed by atoms with van der Waals surface area (Å²) in [6, 6.07) is 41.0. The lowest BCUT2D eigenvalue weighted by Gasteiger charge is -2.42. The van der Waals surface area contributed by atoms with E-state index in [-0.39, 0.29) is 24.5 Å². The van der Waals surface area contributed by atoms with Gasteiger partial charge in [0.1, 0.15) is 30.8 Å². The van der Waals surface area contributed by atoms with Gasteiger partial charge in [-0.1, -0.05) is 115 Å². The van der Waals surface area contributed by atoms with E-state index < -0.39 is 18.1 Å². The average molecular weight is 858 g/mol. The van der Waals surface area contributed by atoms with Crippen molar-refractivity contribution in [3.63, 3.8) is 0 Å². The second-order valence-corrected chi connectivity index (χ2v) is 16.2. The molecular weight excluding hydrogens is 811 g/mol. The van der Waals surface area contributed by atoms with Crippen molar-refractivity contribution in [2.24, 2.45) is 0 Å². The number of aliphatic carboxylic acids is 1. The summed E-state index contributed by atoms with van der Waals surface area (Å²) in [6.45, 7) is 3.22. The summed E-state index contributed by atoms with van der Waals surface area (Å²) in [5.41, 5.74) is 7.75. The zero-order valence-electron chi connectivity index (χ0n) is 33.9. The molecule has 11 heteroatoms. The molecule has 0 saturated heterocycles. The van der Waals surface area contributed by atoms with Crippen LogP contribution in [0.3, 0.4) is 0 Å². The van der Waals surface area contributed by atoms with Crippen LogP contribution in [0.15, 0.2) is 133 Å². The number of carbonyl (C=O) groups excluding carboxylic acids is 1. The maximum Gasteiger partial charge on any atom is 0.326 e. The van der Waals surface area contributed by atoms with Crippen molar-refractivity contribution in [3.8, 4) is 34.1 Å². The van der Waals surface area contributed by atoms with Crippen molar-refractivity contribution in [1.29, 1.82) is 0 Å². The molecule has 0 fully saturated rings. The predicted octanol–water partition coefficient (Wildman–Crippen LogP) is 10.5. The summed E-state index contributed by atoms with van der Waals surface area (Å²) < 4.78 is 24.1. The number of nitrogens with one attached hydrogen (secondary N) is 1. The molecule has 1 amide bonds. The summed E-state index contributed by atoms with van der Waals surface area (Å²) in [4.78, 5) is 29.3. The van der Waals surface area contributed by atoms with E-state index in [1.165, 1.54) is 0 Å². The molecule has 0 saturated carbocycles. The zero-order chi connectivity index (χ0) is 42.5. The molecule has 1 unspecified atom stereocenters. The van der Waals surface area contributed by atoms with Crippen LogP contribution >= 0.6 is 23.2 Å². The lowest BCUT2D eigenvalue weighted by Crippen LogP contribution is -2.55. The Labute approximate surface area is 365 Å². The molecule has 312 valence electrons. The number of hydrogen-bond acceptors (Lipinski definition) is 7. The van der Waals surface area contributed by atoms with Crippen molar-refractivity contribution in [2.45, 2.75) is 63.6 Å². The normalized spacial score (nSPS) is 16.8. The van der Waals surface area contributed by atoms with Gasteiger partial charge in [0.25, 0.3) is 0 Å². The maximum atomic E-state index is 14.4. The van der Waals surface area contributed by atoms with Crippen molar-refractivity contribution in [2.75, 3.05) is 13.7 Å². The largest absolute Gasteiger partial charge is 0.497 e. The van der Waals surface area contributed by atoms with Gasteiger partial charge >= 0.3 is 5.97 Å². The second kappa shape index (κ2) is 18.7. The third kappa shape index (κ3) is 9.65. The average Bonchev–Trinajstić information content (AvgIpc) is 3.29. The fraction of sp³-hybridized carbons (Fsp3) is 0.240. The first-order chi connectivity index (χ1) is 29.6. The van der Waals surface area contributed by atoms with Crippen LogP contribution in [0.25, 0.3) is 11.1 Å². The summed E-state index contributed by atoms with van der Waals surface area (Å²) in [5.74, 6) is 1.30. The molecule has 6 aromatic carbocycles. The van der Waals surface area contributed by atoms with Crippen LogP contribution in [0.4, 0.5) is 0 Å². The topological polar surface area (TPSA) is 107 Å². The molecule has 0 aliphatic carbocycles. The molecule has 2 heterocycles. The van der Waals surface area contributed by atoms with Gasteiger partial charge in [0.05, 0.1) is 23.2 Å². The van der Waals surface area contributed by atoms with Crippen LogP contribution in [0.5, 0.6) is 23.0 Å². The van der Waals surface area contributed by atoms with E-state index >= 15 is 0 Å². The zero-order valence-corrected chi connectivity index (χ0v) is 35.4. The standard InChI is InChI=1S/C50H46Cl2N2O7/c1-3-44(35-7-5-4-6-8-35)54-28-38-27-47-46(60-30-48(61-47)36-16-20-40(21-17-36)59-29-32-11-22-41(51)42(52)23-32)26-37(38)25-45(54)49(55)53-43(50(56)57)24-31-9-12-33(13-10-31)34-14-18-39(58-2)19-15-34/h4-23,26-27,43-45,48H,3,24-25,28-30H2,1-2H3,(H,53,55)(H,56,57)/t43?,44-,45-,48+/m0/s1. The summed E-state index contributed by atoms with van der Waals surface area (Å²) >= 11 is 12.2. The van der Waals surface area contributed by atoms with Gasteiger partial charge in [-0.3, -0.25) is 9.69 Å². The minimum Gasteiger partial charge on any atom is -0.497 e. The molecular formula is C50H46Cl2N2O7. The number of carboxylic acids is 1. The number of rotatable bonds is 14. The van der Waals surface area contributed by atoms with Gasteiger partial charge in [-0.15, -0.1) is 0 Å². The van der Waals surface area contributed by atoms with Crippen molar-refractivity contribution < 1.29 is 33.6 Å². The van der Waals surface area contributed by atoms with Gasteiger partial charge in [0, 0.05) is 19.0 Å². The smallest absolute Gasteiger partial charge is 0.326 e. The number of halogens is 2. The van der Waals surface area contributed by atoms with E-state index in [2.05, 4.69) is 29.3 Å². The van der Waals surface area contributed by atoms with Gasteiger partial charge in [-0.25, -0.2) is 4.79 Å². The van der Waals surface area contributed by atoms with Crippen molar-refractivity contribution in [1.82, 2.24) is 10.2 Å². The number of benzene rings is 6. The highest BCUT2D eigenvalue weighted by Crippen LogP contribution is 2.43. The number of nitrogens with zero attached hydrogens (tertiary/aromatic N) is 1. The van der Waals surface area contributed by atoms with E-state index in [0.717, 1.165) is 56.7 Å². The second-order valence-electron chi connectivity index (χ2n) is 15.3. The first-order valence-electron chi connectivity index (χ1n) is 20.3. The molecule has 4 atom stereocenters. The molecule has 2 N–H and O–H groups in total. The highest BCUT2D eigenvalue weighted by molar-refractivity contribution is 6.42. The van der Waals surface area contributed by atoms with E-state index in [0.29, 0.717) is 53.5 Å². The monoisotopic (exact) mass is 856 g/mol. The number of carbonyl (C=O) groups is 2. The van der Waals surface area contributed by atoms with Crippen LogP contribution < -0.4 is 24.3 Å². The number of hydrogen-bond donors (Lipinski definition) is 2. The minimum atomic E-state index is -1.13. The molecule has 2 aliphatic heterocycles. The highest BCUT2D eigenvalue weighted by Gasteiger charge is 2.39. The van der Waals surface area contributed by atoms with Gasteiger partial charge in [-0.05, 0) is 106 Å². The number of amides is 1. The van der Waals surface area contributed by atoms with E-state index in [1.807, 2.05) is 109 Å². The van der Waals surface area contributed by atoms with Gasteiger partial charge in [0.2, 0.25) is 5.91 Å². The van der Waals surface area contributed by atoms with Gasteiger partial charge in [-0.2, -0.15) is 0 Å². The van der Waals surface area contributed by atoms with Gasteiger partial charge in [0.15, 0.2) is 17.6 Å². The predicted molar refractivity (Wildman–Crippen MR) is 237 cm³/mol.